The Labute approximate surface area is 178 Å². The predicted molar refractivity (Wildman–Crippen MR) is 127 cm³/mol. The van der Waals surface area contributed by atoms with Gasteiger partial charge in [0.25, 0.3) is 0 Å². The molecule has 1 unspecified atom stereocenters. The van der Waals surface area contributed by atoms with Gasteiger partial charge in [0, 0.05) is 11.5 Å². The first-order chi connectivity index (χ1) is 13.6. The first kappa shape index (κ1) is 24.8. The van der Waals surface area contributed by atoms with Gasteiger partial charge in [0.05, 0.1) is 0 Å². The van der Waals surface area contributed by atoms with Crippen molar-refractivity contribution in [3.05, 3.63) is 69.9 Å². The van der Waals surface area contributed by atoms with E-state index in [1.807, 2.05) is 6.92 Å². The molecule has 1 rings (SSSR count). The van der Waals surface area contributed by atoms with Crippen LogP contribution in [-0.2, 0) is 0 Å². The van der Waals surface area contributed by atoms with Gasteiger partial charge in [-0.25, -0.2) is 0 Å². The number of rotatable bonds is 10. The number of benzene rings is 1. The number of aromatic hydroxyl groups is 2. The summed E-state index contributed by atoms with van der Waals surface area (Å²) in [7, 11) is 0. The second-order valence-corrected chi connectivity index (χ2v) is 8.75. The quantitative estimate of drug-likeness (QED) is 0.308. The van der Waals surface area contributed by atoms with Crippen molar-refractivity contribution in [3.8, 4) is 11.5 Å². The molecule has 2 nitrogen and oxygen atoms in total. The lowest BCUT2D eigenvalue weighted by Crippen LogP contribution is -1.98. The zero-order chi connectivity index (χ0) is 22.0. The second kappa shape index (κ2) is 12.4. The van der Waals surface area contributed by atoms with Gasteiger partial charge in [0.1, 0.15) is 11.5 Å². The van der Waals surface area contributed by atoms with E-state index in [1.54, 1.807) is 12.1 Å². The molecule has 1 aromatic carbocycles. The lowest BCUT2D eigenvalue weighted by atomic mass is 9.89. The Morgan fingerprint density at radius 2 is 1.38 bits per heavy atom. The van der Waals surface area contributed by atoms with Gasteiger partial charge >= 0.3 is 0 Å². The fourth-order valence-electron chi connectivity index (χ4n) is 3.39. The van der Waals surface area contributed by atoms with E-state index in [0.717, 1.165) is 37.7 Å². The summed E-state index contributed by atoms with van der Waals surface area (Å²) in [5.41, 5.74) is 6.88. The first-order valence-corrected chi connectivity index (χ1v) is 10.7. The summed E-state index contributed by atoms with van der Waals surface area (Å²) in [4.78, 5) is 0. The maximum atomic E-state index is 10.6. The smallest absolute Gasteiger partial charge is 0.122 e. The molecule has 1 aromatic rings. The summed E-state index contributed by atoms with van der Waals surface area (Å²) in [6.45, 7) is 14.7. The zero-order valence-electron chi connectivity index (χ0n) is 19.5. The minimum atomic E-state index is 0.0471. The molecule has 0 saturated heterocycles. The van der Waals surface area contributed by atoms with Crippen LogP contribution >= 0.6 is 0 Å². The van der Waals surface area contributed by atoms with Gasteiger partial charge in [-0.05, 0) is 98.3 Å². The Kier molecular flexibility index (Phi) is 10.6. The molecule has 2 heteroatoms. The highest BCUT2D eigenvalue weighted by atomic mass is 16.3. The van der Waals surface area contributed by atoms with Crippen molar-refractivity contribution in [2.45, 2.75) is 86.5 Å². The molecule has 0 heterocycles. The van der Waals surface area contributed by atoms with E-state index in [4.69, 9.17) is 0 Å². The van der Waals surface area contributed by atoms with E-state index in [0.29, 0.717) is 5.56 Å². The highest BCUT2D eigenvalue weighted by Crippen LogP contribution is 2.36. The van der Waals surface area contributed by atoms with Gasteiger partial charge in [-0.1, -0.05) is 46.6 Å². The van der Waals surface area contributed by atoms with Crippen LogP contribution in [-0.4, -0.2) is 10.2 Å². The molecule has 0 aliphatic rings. The molecule has 160 valence electrons. The average molecular weight is 397 g/mol. The summed E-state index contributed by atoms with van der Waals surface area (Å²) in [6, 6.07) is 3.32. The topological polar surface area (TPSA) is 40.5 Å². The van der Waals surface area contributed by atoms with Crippen LogP contribution in [0.4, 0.5) is 0 Å². The number of phenols is 2. The zero-order valence-corrected chi connectivity index (χ0v) is 19.5. The van der Waals surface area contributed by atoms with E-state index in [1.165, 1.54) is 22.3 Å². The molecule has 0 aliphatic heterocycles. The number of allylic oxidation sites excluding steroid dienone is 8. The molecule has 2 N–H and O–H groups in total. The van der Waals surface area contributed by atoms with Gasteiger partial charge in [-0.2, -0.15) is 0 Å². The van der Waals surface area contributed by atoms with Crippen molar-refractivity contribution in [3.63, 3.8) is 0 Å². The van der Waals surface area contributed by atoms with Crippen molar-refractivity contribution < 1.29 is 10.2 Å². The molecule has 1 atom stereocenters. The Hall–Kier alpha value is -2.22. The van der Waals surface area contributed by atoms with Crippen LogP contribution in [0.2, 0.25) is 0 Å². The Balaban J connectivity index is 3.09. The molecule has 0 spiro atoms. The third-order valence-electron chi connectivity index (χ3n) is 5.10. The van der Waals surface area contributed by atoms with Crippen LogP contribution in [0, 0.1) is 6.92 Å². The molecule has 0 bridgehead atoms. The molecule has 0 aliphatic carbocycles. The van der Waals surface area contributed by atoms with Gasteiger partial charge in [0.15, 0.2) is 0 Å². The molecule has 0 fully saturated rings. The summed E-state index contributed by atoms with van der Waals surface area (Å²) >= 11 is 0. The Bertz CT molecular complexity index is 783. The van der Waals surface area contributed by atoms with Crippen LogP contribution < -0.4 is 0 Å². The summed E-state index contributed by atoms with van der Waals surface area (Å²) in [6.07, 6.45) is 14.0. The lowest BCUT2D eigenvalue weighted by molar-refractivity contribution is 0.448. The highest BCUT2D eigenvalue weighted by Gasteiger charge is 2.16. The van der Waals surface area contributed by atoms with E-state index in [9.17, 15) is 10.2 Å². The van der Waals surface area contributed by atoms with E-state index in [2.05, 4.69) is 65.8 Å². The average Bonchev–Trinajstić information content (AvgIpc) is 2.61. The number of phenolic OH excluding ortho intramolecular Hbond substituents is 2. The second-order valence-electron chi connectivity index (χ2n) is 8.75. The summed E-state index contributed by atoms with van der Waals surface area (Å²) < 4.78 is 0. The Morgan fingerprint density at radius 3 is 1.93 bits per heavy atom. The van der Waals surface area contributed by atoms with Crippen molar-refractivity contribution in [2.75, 3.05) is 0 Å². The molecular weight excluding hydrogens is 356 g/mol. The molecule has 0 amide bonds. The van der Waals surface area contributed by atoms with Crippen molar-refractivity contribution in [1.29, 1.82) is 0 Å². The number of hydrogen-bond donors (Lipinski definition) is 2. The molecule has 0 saturated carbocycles. The lowest BCUT2D eigenvalue weighted by Gasteiger charge is -2.17. The van der Waals surface area contributed by atoms with Crippen LogP contribution in [0.15, 0.2) is 58.7 Å². The first-order valence-electron chi connectivity index (χ1n) is 10.7. The van der Waals surface area contributed by atoms with E-state index < -0.39 is 0 Å². The number of aryl methyl sites for hydroxylation is 1. The van der Waals surface area contributed by atoms with Gasteiger partial charge in [-0.3, -0.25) is 0 Å². The largest absolute Gasteiger partial charge is 0.508 e. The molecule has 0 aromatic heterocycles. The predicted octanol–water partition coefficient (Wildman–Crippen LogP) is 8.27. The van der Waals surface area contributed by atoms with Crippen LogP contribution in [0.1, 0.15) is 90.7 Å². The van der Waals surface area contributed by atoms with Crippen LogP contribution in [0.25, 0.3) is 0 Å². The van der Waals surface area contributed by atoms with Crippen molar-refractivity contribution >= 4 is 0 Å². The standard InChI is InChI=1S/C27H40O2/c1-19(2)10-8-12-21(5)14-15-24(16-22(6)13-9-11-20(3)4)26-18-25(28)17-23(7)27(26)29/h10-11,14,16-18,24,28-29H,8-9,12-13,15H2,1-7H3. The van der Waals surface area contributed by atoms with Gasteiger partial charge in [0.2, 0.25) is 0 Å². The minimum Gasteiger partial charge on any atom is -0.508 e. The highest BCUT2D eigenvalue weighted by molar-refractivity contribution is 5.48. The monoisotopic (exact) mass is 396 g/mol. The van der Waals surface area contributed by atoms with Gasteiger partial charge < -0.3 is 10.2 Å². The van der Waals surface area contributed by atoms with Crippen LogP contribution in [0.5, 0.6) is 11.5 Å². The van der Waals surface area contributed by atoms with Gasteiger partial charge in [-0.15, -0.1) is 0 Å². The van der Waals surface area contributed by atoms with E-state index >= 15 is 0 Å². The van der Waals surface area contributed by atoms with Crippen molar-refractivity contribution in [2.24, 2.45) is 0 Å². The number of hydrogen-bond acceptors (Lipinski definition) is 2. The van der Waals surface area contributed by atoms with Crippen molar-refractivity contribution in [1.82, 2.24) is 0 Å². The van der Waals surface area contributed by atoms with Crippen LogP contribution in [0.3, 0.4) is 0 Å². The summed E-state index contributed by atoms with van der Waals surface area (Å²) in [5, 5.41) is 20.7. The maximum Gasteiger partial charge on any atom is 0.122 e. The molecule has 0 radical (unpaired) electrons. The fourth-order valence-corrected chi connectivity index (χ4v) is 3.39. The summed E-state index contributed by atoms with van der Waals surface area (Å²) in [5.74, 6) is 0.544. The van der Waals surface area contributed by atoms with E-state index in [-0.39, 0.29) is 17.4 Å². The minimum absolute atomic E-state index is 0.0471. The molecule has 29 heavy (non-hydrogen) atoms. The normalized spacial score (nSPS) is 13.2. The third kappa shape index (κ3) is 9.69. The Morgan fingerprint density at radius 1 is 0.828 bits per heavy atom. The third-order valence-corrected chi connectivity index (χ3v) is 5.10. The fraction of sp³-hybridized carbons (Fsp3) is 0.481. The molecular formula is C27H40O2. The maximum absolute atomic E-state index is 10.6. The SMILES string of the molecule is CC(C)=CCCC(C)=CCC(C=C(C)CCC=C(C)C)c1cc(O)cc(C)c1O.